The molecule has 0 fully saturated rings. The van der Waals surface area contributed by atoms with Crippen molar-refractivity contribution in [3.05, 3.63) is 84.5 Å². The predicted octanol–water partition coefficient (Wildman–Crippen LogP) is 5.83. The molecule has 1 aliphatic carbocycles. The Kier molecular flexibility index (Phi) is 6.87. The second kappa shape index (κ2) is 10.1. The lowest BCUT2D eigenvalue weighted by molar-refractivity contribution is -0.384. The number of fused-ring (bicyclic) bond motifs is 3. The number of thiophene rings is 1. The zero-order valence-corrected chi connectivity index (χ0v) is 22.4. The molecule has 10 heteroatoms. The molecule has 37 heavy (non-hydrogen) atoms. The summed E-state index contributed by atoms with van der Waals surface area (Å²) < 4.78 is 1.61. The number of thioether (sulfide) groups is 1. The summed E-state index contributed by atoms with van der Waals surface area (Å²) in [5, 5.41) is 15.2. The Balaban J connectivity index is 1.52. The highest BCUT2D eigenvalue weighted by Gasteiger charge is 2.26. The number of rotatable bonds is 6. The van der Waals surface area contributed by atoms with Gasteiger partial charge < -0.3 is 5.32 Å². The summed E-state index contributed by atoms with van der Waals surface area (Å²) >= 11 is 2.72. The van der Waals surface area contributed by atoms with Crippen LogP contribution in [0.15, 0.2) is 52.4 Å². The van der Waals surface area contributed by atoms with Crippen LogP contribution < -0.4 is 10.9 Å². The Morgan fingerprint density at radius 3 is 2.81 bits per heavy atom. The van der Waals surface area contributed by atoms with Gasteiger partial charge in [-0.15, -0.1) is 11.3 Å². The van der Waals surface area contributed by atoms with Gasteiger partial charge in [0, 0.05) is 10.9 Å². The summed E-state index contributed by atoms with van der Waals surface area (Å²) in [5.74, 6) is 0.0984. The normalized spacial score (nSPS) is 14.9. The van der Waals surface area contributed by atoms with Gasteiger partial charge in [0.05, 0.1) is 21.7 Å². The van der Waals surface area contributed by atoms with E-state index in [0.717, 1.165) is 53.4 Å². The average Bonchev–Trinajstić information content (AvgIpc) is 3.22. The standard InChI is InChI=1S/C27H26N4O4S2/c1-15-9-11-19(21(12-15)31(34)35)28-23(32)14-36-27-29-25-24(18-10-8-16(2)13-22(18)37-25)26(33)30(27)20-7-5-4-6-17(20)3/h4-7,9,11-12,16H,8,10,13-14H2,1-3H3,(H,28,32)/t16-/m1/s1. The number of nitrogens with one attached hydrogen (secondary N) is 1. The van der Waals surface area contributed by atoms with E-state index in [1.165, 1.54) is 17.0 Å². The van der Waals surface area contributed by atoms with Crippen LogP contribution in [-0.2, 0) is 17.6 Å². The van der Waals surface area contributed by atoms with Crippen molar-refractivity contribution in [1.29, 1.82) is 0 Å². The highest BCUT2D eigenvalue weighted by molar-refractivity contribution is 7.99. The molecule has 1 N–H and O–H groups in total. The van der Waals surface area contributed by atoms with Crippen molar-refractivity contribution in [2.24, 2.45) is 5.92 Å². The van der Waals surface area contributed by atoms with Gasteiger partial charge in [0.25, 0.3) is 11.2 Å². The smallest absolute Gasteiger partial charge is 0.293 e. The van der Waals surface area contributed by atoms with E-state index in [4.69, 9.17) is 4.98 Å². The van der Waals surface area contributed by atoms with Crippen LogP contribution in [0.3, 0.4) is 0 Å². The number of nitrogens with zero attached hydrogens (tertiary/aromatic N) is 3. The number of amides is 1. The molecule has 4 aromatic rings. The molecule has 2 aromatic heterocycles. The largest absolute Gasteiger partial charge is 0.320 e. The zero-order valence-electron chi connectivity index (χ0n) is 20.7. The summed E-state index contributed by atoms with van der Waals surface area (Å²) in [7, 11) is 0. The number of hydrogen-bond donors (Lipinski definition) is 1. The number of nitro groups is 1. The first-order valence-electron chi connectivity index (χ1n) is 12.0. The zero-order chi connectivity index (χ0) is 26.3. The quantitative estimate of drug-likeness (QED) is 0.144. The number of hydrogen-bond acceptors (Lipinski definition) is 7. The van der Waals surface area contributed by atoms with Crippen molar-refractivity contribution < 1.29 is 9.72 Å². The molecule has 5 rings (SSSR count). The molecule has 0 aliphatic heterocycles. The van der Waals surface area contributed by atoms with Crippen LogP contribution >= 0.6 is 23.1 Å². The Hall–Kier alpha value is -3.50. The van der Waals surface area contributed by atoms with Crippen molar-refractivity contribution in [2.45, 2.75) is 45.2 Å². The number of carbonyl (C=O) groups excluding carboxylic acids is 1. The fourth-order valence-electron chi connectivity index (χ4n) is 4.71. The van der Waals surface area contributed by atoms with Gasteiger partial charge in [-0.25, -0.2) is 4.98 Å². The van der Waals surface area contributed by atoms with Gasteiger partial charge in [0.2, 0.25) is 5.91 Å². The molecule has 8 nitrogen and oxygen atoms in total. The van der Waals surface area contributed by atoms with Gasteiger partial charge in [0.15, 0.2) is 5.16 Å². The minimum Gasteiger partial charge on any atom is -0.320 e. The maximum Gasteiger partial charge on any atom is 0.293 e. The van der Waals surface area contributed by atoms with E-state index in [2.05, 4.69) is 12.2 Å². The first-order chi connectivity index (χ1) is 17.7. The molecule has 1 atom stereocenters. The molecule has 0 radical (unpaired) electrons. The molecule has 0 saturated heterocycles. The molecule has 1 aliphatic rings. The highest BCUT2D eigenvalue weighted by atomic mass is 32.2. The van der Waals surface area contributed by atoms with Crippen LogP contribution in [0.5, 0.6) is 0 Å². The van der Waals surface area contributed by atoms with Crippen LogP contribution in [0.25, 0.3) is 15.9 Å². The number of anilines is 1. The average molecular weight is 535 g/mol. The van der Waals surface area contributed by atoms with Crippen molar-refractivity contribution in [3.8, 4) is 5.69 Å². The molecule has 0 bridgehead atoms. The van der Waals surface area contributed by atoms with E-state index < -0.39 is 10.8 Å². The minimum atomic E-state index is -0.513. The second-order valence-electron chi connectivity index (χ2n) is 9.47. The summed E-state index contributed by atoms with van der Waals surface area (Å²) in [6, 6.07) is 12.3. The maximum absolute atomic E-state index is 13.9. The Morgan fingerprint density at radius 1 is 1.27 bits per heavy atom. The lowest BCUT2D eigenvalue weighted by atomic mass is 9.89. The lowest BCUT2D eigenvalue weighted by Crippen LogP contribution is -2.24. The monoisotopic (exact) mass is 534 g/mol. The van der Waals surface area contributed by atoms with Crippen molar-refractivity contribution >= 4 is 50.6 Å². The van der Waals surface area contributed by atoms with Gasteiger partial charge in [-0.1, -0.05) is 43.0 Å². The third kappa shape index (κ3) is 4.91. The molecule has 0 unspecified atom stereocenters. The number of benzene rings is 2. The lowest BCUT2D eigenvalue weighted by Gasteiger charge is -2.18. The predicted molar refractivity (Wildman–Crippen MR) is 148 cm³/mol. The number of para-hydroxylation sites is 1. The van der Waals surface area contributed by atoms with E-state index in [0.29, 0.717) is 21.3 Å². The third-order valence-electron chi connectivity index (χ3n) is 6.61. The first-order valence-corrected chi connectivity index (χ1v) is 13.8. The first kappa shape index (κ1) is 25.2. The molecule has 0 saturated carbocycles. The van der Waals surface area contributed by atoms with Crippen LogP contribution in [0.2, 0.25) is 0 Å². The van der Waals surface area contributed by atoms with Gasteiger partial charge in [-0.3, -0.25) is 24.3 Å². The molecule has 2 aromatic carbocycles. The SMILES string of the molecule is Cc1ccc(NC(=O)CSc2nc3sc4c(c3c(=O)n2-c2ccccc2C)CC[C@@H](C)C4)c([N+](=O)[O-])c1. The number of aromatic nitrogens is 2. The molecular formula is C27H26N4O4S2. The van der Waals surface area contributed by atoms with E-state index in [1.807, 2.05) is 31.2 Å². The molecule has 1 amide bonds. The van der Waals surface area contributed by atoms with Crippen molar-refractivity contribution in [3.63, 3.8) is 0 Å². The highest BCUT2D eigenvalue weighted by Crippen LogP contribution is 2.37. The summed E-state index contributed by atoms with van der Waals surface area (Å²) in [6.45, 7) is 5.92. The van der Waals surface area contributed by atoms with Crippen LogP contribution in [0.4, 0.5) is 11.4 Å². The van der Waals surface area contributed by atoms with Crippen LogP contribution in [0.1, 0.15) is 34.9 Å². The third-order valence-corrected chi connectivity index (χ3v) is 8.70. The molecular weight excluding hydrogens is 508 g/mol. The number of carbonyl (C=O) groups is 1. The van der Waals surface area contributed by atoms with E-state index >= 15 is 0 Å². The van der Waals surface area contributed by atoms with E-state index in [9.17, 15) is 19.7 Å². The van der Waals surface area contributed by atoms with Gasteiger partial charge in [-0.2, -0.15) is 0 Å². The summed E-state index contributed by atoms with van der Waals surface area (Å²) in [4.78, 5) is 44.5. The number of nitro benzene ring substituents is 1. The molecule has 190 valence electrons. The Labute approximate surface area is 221 Å². The Morgan fingerprint density at radius 2 is 2.05 bits per heavy atom. The van der Waals surface area contributed by atoms with Crippen molar-refractivity contribution in [2.75, 3.05) is 11.1 Å². The fraction of sp³-hybridized carbons (Fsp3) is 0.296. The summed E-state index contributed by atoms with van der Waals surface area (Å²) in [6.07, 6.45) is 2.86. The summed E-state index contributed by atoms with van der Waals surface area (Å²) in [5.41, 5.74) is 3.34. The number of aryl methyl sites for hydroxylation is 3. The fourth-order valence-corrected chi connectivity index (χ4v) is 6.94. The van der Waals surface area contributed by atoms with E-state index in [1.54, 1.807) is 28.9 Å². The topological polar surface area (TPSA) is 107 Å². The van der Waals surface area contributed by atoms with E-state index in [-0.39, 0.29) is 22.7 Å². The van der Waals surface area contributed by atoms with Gasteiger partial charge >= 0.3 is 0 Å². The molecule has 2 heterocycles. The van der Waals surface area contributed by atoms with Gasteiger partial charge in [0.1, 0.15) is 10.5 Å². The Bertz CT molecular complexity index is 1610. The van der Waals surface area contributed by atoms with Crippen LogP contribution in [-0.4, -0.2) is 26.1 Å². The minimum absolute atomic E-state index is 0.0585. The maximum atomic E-state index is 13.9. The molecule has 0 spiro atoms. The van der Waals surface area contributed by atoms with Crippen LogP contribution in [0, 0.1) is 29.9 Å². The second-order valence-corrected chi connectivity index (χ2v) is 11.5. The van der Waals surface area contributed by atoms with Gasteiger partial charge in [-0.05, 0) is 67.9 Å². The van der Waals surface area contributed by atoms with Crippen molar-refractivity contribution in [1.82, 2.24) is 9.55 Å².